The van der Waals surface area contributed by atoms with E-state index in [0.717, 1.165) is 10.0 Å². The van der Waals surface area contributed by atoms with E-state index in [1.54, 1.807) is 23.1 Å². The third kappa shape index (κ3) is 8.19. The molecule has 0 radical (unpaired) electrons. The molecule has 0 bridgehead atoms. The molecule has 2 rings (SSSR count). The van der Waals surface area contributed by atoms with Crippen LogP contribution in [0.5, 0.6) is 5.75 Å². The fourth-order valence-corrected chi connectivity index (χ4v) is 3.86. The Morgan fingerprint density at radius 1 is 1.16 bits per heavy atom. The van der Waals surface area contributed by atoms with E-state index in [4.69, 9.17) is 16.3 Å². The Morgan fingerprint density at radius 2 is 1.87 bits per heavy atom. The molecule has 5 nitrogen and oxygen atoms in total. The van der Waals surface area contributed by atoms with Crippen molar-refractivity contribution in [2.24, 2.45) is 5.92 Å². The summed E-state index contributed by atoms with van der Waals surface area (Å²) < 4.78 is 6.51. The van der Waals surface area contributed by atoms with E-state index in [1.165, 1.54) is 0 Å². The van der Waals surface area contributed by atoms with Crippen molar-refractivity contribution < 1.29 is 14.3 Å². The molecular weight excluding hydrogens is 480 g/mol. The Hall–Kier alpha value is -2.05. The van der Waals surface area contributed by atoms with E-state index in [2.05, 4.69) is 21.2 Å². The summed E-state index contributed by atoms with van der Waals surface area (Å²) in [5.41, 5.74) is 1.11. The van der Waals surface area contributed by atoms with Crippen molar-refractivity contribution in [2.45, 2.75) is 39.7 Å². The molecule has 0 heterocycles. The second-order valence-corrected chi connectivity index (χ2v) is 9.07. The number of carbonyl (C=O) groups is 2. The minimum absolute atomic E-state index is 0.140. The number of rotatable bonds is 11. The minimum atomic E-state index is -0.557. The molecule has 1 N–H and O–H groups in total. The molecule has 1 atom stereocenters. The molecule has 2 aromatic carbocycles. The van der Waals surface area contributed by atoms with Crippen LogP contribution in [0.2, 0.25) is 5.02 Å². The van der Waals surface area contributed by atoms with Gasteiger partial charge in [-0.25, -0.2) is 0 Å². The summed E-state index contributed by atoms with van der Waals surface area (Å²) in [6.45, 7) is 6.79. The molecule has 0 saturated heterocycles. The van der Waals surface area contributed by atoms with Crippen molar-refractivity contribution in [2.75, 3.05) is 19.7 Å². The molecule has 0 aliphatic heterocycles. The summed E-state index contributed by atoms with van der Waals surface area (Å²) in [5, 5.41) is 3.37. The maximum Gasteiger partial charge on any atom is 0.261 e. The third-order valence-corrected chi connectivity index (χ3v) is 5.59. The van der Waals surface area contributed by atoms with Gasteiger partial charge < -0.3 is 15.0 Å². The number of hydrogen-bond acceptors (Lipinski definition) is 3. The highest BCUT2D eigenvalue weighted by Crippen LogP contribution is 2.27. The highest BCUT2D eigenvalue weighted by molar-refractivity contribution is 9.10. The molecule has 0 aromatic heterocycles. The summed E-state index contributed by atoms with van der Waals surface area (Å²) in [4.78, 5) is 27.6. The number of carbonyl (C=O) groups excluding carboxylic acids is 2. The molecule has 7 heteroatoms. The highest BCUT2D eigenvalue weighted by atomic mass is 79.9. The molecule has 0 unspecified atom stereocenters. The molecule has 2 amide bonds. The minimum Gasteiger partial charge on any atom is -0.482 e. The first-order valence-electron chi connectivity index (χ1n) is 10.5. The van der Waals surface area contributed by atoms with Crippen molar-refractivity contribution in [1.29, 1.82) is 0 Å². The van der Waals surface area contributed by atoms with Crippen LogP contribution in [0.3, 0.4) is 0 Å². The predicted octanol–water partition coefficient (Wildman–Crippen LogP) is 5.10. The largest absolute Gasteiger partial charge is 0.482 e. The van der Waals surface area contributed by atoms with Crippen LogP contribution in [-0.4, -0.2) is 42.5 Å². The van der Waals surface area contributed by atoms with Crippen molar-refractivity contribution in [3.63, 3.8) is 0 Å². The average Bonchev–Trinajstić information content (AvgIpc) is 2.74. The molecule has 0 aliphatic carbocycles. The average molecular weight is 510 g/mol. The Labute approximate surface area is 198 Å². The lowest BCUT2D eigenvalue weighted by molar-refractivity contribution is -0.142. The number of benzene rings is 2. The van der Waals surface area contributed by atoms with Gasteiger partial charge in [-0.3, -0.25) is 9.59 Å². The smallest absolute Gasteiger partial charge is 0.261 e. The van der Waals surface area contributed by atoms with Gasteiger partial charge in [0, 0.05) is 17.6 Å². The standard InChI is InChI=1S/C24H30BrClN2O3/c1-4-21(24(30)27-15-17(2)3)28(13-12-18-8-6-5-7-9-18)23(29)16-31-22-11-10-19(25)14-20(22)26/h5-11,14,17,21H,4,12-13,15-16H2,1-3H3,(H,27,30)/t21-/m1/s1. The van der Waals surface area contributed by atoms with Gasteiger partial charge in [-0.15, -0.1) is 0 Å². The number of amides is 2. The van der Waals surface area contributed by atoms with E-state index in [9.17, 15) is 9.59 Å². The first-order valence-corrected chi connectivity index (χ1v) is 11.7. The lowest BCUT2D eigenvalue weighted by Crippen LogP contribution is -2.51. The zero-order chi connectivity index (χ0) is 22.8. The monoisotopic (exact) mass is 508 g/mol. The normalized spacial score (nSPS) is 11.8. The summed E-state index contributed by atoms with van der Waals surface area (Å²) >= 11 is 9.55. The topological polar surface area (TPSA) is 58.6 Å². The van der Waals surface area contributed by atoms with Crippen LogP contribution in [0.4, 0.5) is 0 Å². The summed E-state index contributed by atoms with van der Waals surface area (Å²) in [6.07, 6.45) is 1.17. The fourth-order valence-electron chi connectivity index (χ4n) is 3.13. The van der Waals surface area contributed by atoms with Crippen LogP contribution in [0.1, 0.15) is 32.8 Å². The van der Waals surface area contributed by atoms with E-state index in [-0.39, 0.29) is 18.4 Å². The molecular formula is C24H30BrClN2O3. The highest BCUT2D eigenvalue weighted by Gasteiger charge is 2.28. The van der Waals surface area contributed by atoms with Gasteiger partial charge in [0.2, 0.25) is 5.91 Å². The predicted molar refractivity (Wildman–Crippen MR) is 128 cm³/mol. The zero-order valence-electron chi connectivity index (χ0n) is 18.2. The second-order valence-electron chi connectivity index (χ2n) is 7.75. The molecule has 0 fully saturated rings. The number of halogens is 2. The summed E-state index contributed by atoms with van der Waals surface area (Å²) in [7, 11) is 0. The van der Waals surface area contributed by atoms with Gasteiger partial charge in [0.1, 0.15) is 11.8 Å². The van der Waals surface area contributed by atoms with E-state index in [0.29, 0.717) is 42.6 Å². The van der Waals surface area contributed by atoms with Gasteiger partial charge in [0.25, 0.3) is 5.91 Å². The fraction of sp³-hybridized carbons (Fsp3) is 0.417. The third-order valence-electron chi connectivity index (χ3n) is 4.80. The van der Waals surface area contributed by atoms with Gasteiger partial charge in [0.15, 0.2) is 6.61 Å². The van der Waals surface area contributed by atoms with Gasteiger partial charge in [0.05, 0.1) is 5.02 Å². The Bertz CT molecular complexity index is 861. The van der Waals surface area contributed by atoms with Crippen LogP contribution in [0.25, 0.3) is 0 Å². The number of nitrogens with one attached hydrogen (secondary N) is 1. The number of hydrogen-bond donors (Lipinski definition) is 1. The van der Waals surface area contributed by atoms with Crippen molar-refractivity contribution >= 4 is 39.3 Å². The van der Waals surface area contributed by atoms with Gasteiger partial charge in [-0.05, 0) is 42.5 Å². The quantitative estimate of drug-likeness (QED) is 0.458. The molecule has 2 aromatic rings. The Balaban J connectivity index is 2.13. The summed E-state index contributed by atoms with van der Waals surface area (Å²) in [5.74, 6) is 0.372. The number of ether oxygens (including phenoxy) is 1. The maximum absolute atomic E-state index is 13.1. The Morgan fingerprint density at radius 3 is 2.48 bits per heavy atom. The van der Waals surface area contributed by atoms with E-state index in [1.807, 2.05) is 51.1 Å². The summed E-state index contributed by atoms with van der Waals surface area (Å²) in [6, 6.07) is 14.6. The maximum atomic E-state index is 13.1. The first kappa shape index (κ1) is 25.2. The lowest BCUT2D eigenvalue weighted by atomic mass is 10.1. The number of nitrogens with zero attached hydrogens (tertiary/aromatic N) is 1. The van der Waals surface area contributed by atoms with Crippen LogP contribution in [0, 0.1) is 5.92 Å². The Kier molecular flexibility index (Phi) is 10.3. The SMILES string of the molecule is CC[C@H](C(=O)NCC(C)C)N(CCc1ccccc1)C(=O)COc1ccc(Br)cc1Cl. The van der Waals surface area contributed by atoms with E-state index >= 15 is 0 Å². The first-order chi connectivity index (χ1) is 14.8. The lowest BCUT2D eigenvalue weighted by Gasteiger charge is -2.30. The van der Waals surface area contributed by atoms with Gasteiger partial charge >= 0.3 is 0 Å². The van der Waals surface area contributed by atoms with Crippen LogP contribution in [0.15, 0.2) is 53.0 Å². The molecule has 0 saturated carbocycles. The molecule has 0 spiro atoms. The molecule has 168 valence electrons. The van der Waals surface area contributed by atoms with Gasteiger partial charge in [-0.1, -0.05) is 78.6 Å². The zero-order valence-corrected chi connectivity index (χ0v) is 20.6. The second kappa shape index (κ2) is 12.7. The van der Waals surface area contributed by atoms with Crippen LogP contribution in [-0.2, 0) is 16.0 Å². The molecule has 0 aliphatic rings. The van der Waals surface area contributed by atoms with Crippen molar-refractivity contribution in [3.05, 3.63) is 63.6 Å². The van der Waals surface area contributed by atoms with Crippen LogP contribution < -0.4 is 10.1 Å². The van der Waals surface area contributed by atoms with E-state index < -0.39 is 6.04 Å². The molecule has 31 heavy (non-hydrogen) atoms. The van der Waals surface area contributed by atoms with Crippen molar-refractivity contribution in [3.8, 4) is 5.75 Å². The van der Waals surface area contributed by atoms with Crippen LogP contribution >= 0.6 is 27.5 Å². The van der Waals surface area contributed by atoms with Gasteiger partial charge in [-0.2, -0.15) is 0 Å². The van der Waals surface area contributed by atoms with Crippen molar-refractivity contribution in [1.82, 2.24) is 10.2 Å².